The van der Waals surface area contributed by atoms with Crippen molar-refractivity contribution < 1.29 is 13.9 Å². The van der Waals surface area contributed by atoms with Crippen LogP contribution in [0.5, 0.6) is 5.75 Å². The molecule has 0 radical (unpaired) electrons. The summed E-state index contributed by atoms with van der Waals surface area (Å²) >= 11 is 0. The number of ether oxygens (including phenoxy) is 1. The molecule has 3 nitrogen and oxygen atoms in total. The first kappa shape index (κ1) is 10.9. The van der Waals surface area contributed by atoms with Gasteiger partial charge in [-0.1, -0.05) is 6.07 Å². The maximum Gasteiger partial charge on any atom is 0.211 e. The quantitative estimate of drug-likeness (QED) is 0.797. The minimum absolute atomic E-state index is 0.0732. The summed E-state index contributed by atoms with van der Waals surface area (Å²) in [7, 11) is 0. The Hall–Kier alpha value is -1.58. The van der Waals surface area contributed by atoms with E-state index in [1.807, 2.05) is 0 Å². The van der Waals surface area contributed by atoms with Crippen LogP contribution in [0.2, 0.25) is 0 Å². The van der Waals surface area contributed by atoms with Crippen LogP contribution in [-0.4, -0.2) is 12.5 Å². The zero-order valence-electron chi connectivity index (χ0n) is 8.91. The van der Waals surface area contributed by atoms with Crippen LogP contribution in [0.15, 0.2) is 18.2 Å². The molecule has 0 heterocycles. The van der Waals surface area contributed by atoms with Crippen molar-refractivity contribution in [1.29, 1.82) is 0 Å². The molecular formula is C12H14FNO2. The predicted octanol–water partition coefficient (Wildman–Crippen LogP) is 2.72. The molecule has 1 amide bonds. The van der Waals surface area contributed by atoms with E-state index in [0.717, 1.165) is 25.7 Å². The fourth-order valence-corrected chi connectivity index (χ4v) is 1.98. The third-order valence-electron chi connectivity index (χ3n) is 2.77. The van der Waals surface area contributed by atoms with Crippen molar-refractivity contribution in [1.82, 2.24) is 0 Å². The number of carbonyl (C=O) groups is 1. The lowest BCUT2D eigenvalue weighted by Crippen LogP contribution is -2.13. The molecule has 0 aromatic heterocycles. The number of amides is 1. The number of para-hydroxylation sites is 1. The number of hydrogen-bond acceptors (Lipinski definition) is 2. The Morgan fingerprint density at radius 3 is 2.81 bits per heavy atom. The lowest BCUT2D eigenvalue weighted by molar-refractivity contribution is -0.105. The van der Waals surface area contributed by atoms with Crippen LogP contribution in [0.1, 0.15) is 25.7 Å². The van der Waals surface area contributed by atoms with Gasteiger partial charge in [-0.05, 0) is 37.8 Å². The Labute approximate surface area is 93.6 Å². The first-order valence-electron chi connectivity index (χ1n) is 5.46. The van der Waals surface area contributed by atoms with E-state index in [2.05, 4.69) is 5.32 Å². The highest BCUT2D eigenvalue weighted by atomic mass is 19.1. The second-order valence-corrected chi connectivity index (χ2v) is 3.90. The van der Waals surface area contributed by atoms with Crippen molar-refractivity contribution in [3.63, 3.8) is 0 Å². The van der Waals surface area contributed by atoms with Gasteiger partial charge in [0.2, 0.25) is 6.41 Å². The molecule has 16 heavy (non-hydrogen) atoms. The van der Waals surface area contributed by atoms with Crippen molar-refractivity contribution in [2.75, 3.05) is 5.32 Å². The summed E-state index contributed by atoms with van der Waals surface area (Å²) in [6.07, 6.45) is 4.75. The van der Waals surface area contributed by atoms with E-state index in [-0.39, 0.29) is 11.9 Å². The van der Waals surface area contributed by atoms with Crippen LogP contribution in [-0.2, 0) is 4.79 Å². The molecule has 1 N–H and O–H groups in total. The van der Waals surface area contributed by atoms with Gasteiger partial charge in [0, 0.05) is 0 Å². The van der Waals surface area contributed by atoms with E-state index in [4.69, 9.17) is 4.74 Å². The largest absolute Gasteiger partial charge is 0.485 e. The summed E-state index contributed by atoms with van der Waals surface area (Å²) in [6.45, 7) is 0. The molecule has 1 aromatic rings. The molecular weight excluding hydrogens is 209 g/mol. The average Bonchev–Trinajstić information content (AvgIpc) is 2.76. The van der Waals surface area contributed by atoms with Gasteiger partial charge in [-0.2, -0.15) is 0 Å². The molecule has 0 aliphatic heterocycles. The summed E-state index contributed by atoms with van der Waals surface area (Å²) < 4.78 is 19.1. The number of halogens is 1. The molecule has 0 saturated heterocycles. The summed E-state index contributed by atoms with van der Waals surface area (Å²) in [5, 5.41) is 2.45. The Kier molecular flexibility index (Phi) is 3.39. The number of rotatable bonds is 4. The minimum atomic E-state index is -0.432. The molecule has 0 spiro atoms. The van der Waals surface area contributed by atoms with E-state index in [1.54, 1.807) is 12.1 Å². The highest BCUT2D eigenvalue weighted by molar-refractivity contribution is 5.75. The van der Waals surface area contributed by atoms with Crippen LogP contribution in [0.4, 0.5) is 10.1 Å². The van der Waals surface area contributed by atoms with Crippen LogP contribution < -0.4 is 10.1 Å². The van der Waals surface area contributed by atoms with E-state index in [1.165, 1.54) is 6.07 Å². The highest BCUT2D eigenvalue weighted by Crippen LogP contribution is 2.31. The molecule has 2 rings (SSSR count). The van der Waals surface area contributed by atoms with Crippen molar-refractivity contribution >= 4 is 12.1 Å². The maximum absolute atomic E-state index is 13.5. The average molecular weight is 223 g/mol. The van der Waals surface area contributed by atoms with Gasteiger partial charge in [-0.25, -0.2) is 4.39 Å². The fourth-order valence-electron chi connectivity index (χ4n) is 1.98. The third-order valence-corrected chi connectivity index (χ3v) is 2.77. The predicted molar refractivity (Wildman–Crippen MR) is 59.0 cm³/mol. The van der Waals surface area contributed by atoms with Crippen molar-refractivity contribution in [3.05, 3.63) is 24.0 Å². The molecule has 1 aliphatic rings. The summed E-state index contributed by atoms with van der Waals surface area (Å²) in [5.74, 6) is -0.278. The Bertz CT molecular complexity index is 375. The summed E-state index contributed by atoms with van der Waals surface area (Å²) in [4.78, 5) is 10.4. The van der Waals surface area contributed by atoms with Gasteiger partial charge >= 0.3 is 0 Å². The standard InChI is InChI=1S/C12H14FNO2/c13-10-6-3-7-11(14-8-15)12(10)16-9-4-1-2-5-9/h3,6-9H,1-2,4-5H2,(H,14,15). The Morgan fingerprint density at radius 2 is 2.12 bits per heavy atom. The van der Waals surface area contributed by atoms with Crippen molar-refractivity contribution in [2.45, 2.75) is 31.8 Å². The van der Waals surface area contributed by atoms with Crippen LogP contribution in [0.25, 0.3) is 0 Å². The maximum atomic E-state index is 13.5. The molecule has 0 atom stereocenters. The minimum Gasteiger partial charge on any atom is -0.485 e. The van der Waals surface area contributed by atoms with Gasteiger partial charge in [0.1, 0.15) is 0 Å². The van der Waals surface area contributed by atoms with Gasteiger partial charge in [0.25, 0.3) is 0 Å². The van der Waals surface area contributed by atoms with Gasteiger partial charge in [-0.3, -0.25) is 4.79 Å². The second-order valence-electron chi connectivity index (χ2n) is 3.90. The Morgan fingerprint density at radius 1 is 1.38 bits per heavy atom. The SMILES string of the molecule is O=CNc1cccc(F)c1OC1CCCC1. The van der Waals surface area contributed by atoms with Crippen molar-refractivity contribution in [2.24, 2.45) is 0 Å². The van der Waals surface area contributed by atoms with Crippen molar-refractivity contribution in [3.8, 4) is 5.75 Å². The molecule has 0 unspecified atom stereocenters. The summed E-state index contributed by atoms with van der Waals surface area (Å²) in [6, 6.07) is 4.50. The monoisotopic (exact) mass is 223 g/mol. The molecule has 4 heteroatoms. The Balaban J connectivity index is 2.19. The van der Waals surface area contributed by atoms with Crippen LogP contribution in [0, 0.1) is 5.82 Å². The van der Waals surface area contributed by atoms with E-state index >= 15 is 0 Å². The fraction of sp³-hybridized carbons (Fsp3) is 0.417. The molecule has 86 valence electrons. The molecule has 0 bridgehead atoms. The zero-order valence-corrected chi connectivity index (χ0v) is 8.91. The highest BCUT2D eigenvalue weighted by Gasteiger charge is 2.20. The van der Waals surface area contributed by atoms with Crippen LogP contribution >= 0.6 is 0 Å². The molecule has 1 aliphatic carbocycles. The number of hydrogen-bond donors (Lipinski definition) is 1. The normalized spacial score (nSPS) is 16.1. The summed E-state index contributed by atoms with van der Waals surface area (Å²) in [5.41, 5.74) is 0.391. The number of anilines is 1. The second kappa shape index (κ2) is 4.96. The van der Waals surface area contributed by atoms with Gasteiger partial charge < -0.3 is 10.1 Å². The molecule has 1 fully saturated rings. The smallest absolute Gasteiger partial charge is 0.211 e. The van der Waals surface area contributed by atoms with Gasteiger partial charge in [0.05, 0.1) is 11.8 Å². The van der Waals surface area contributed by atoms with Gasteiger partial charge in [-0.15, -0.1) is 0 Å². The first-order valence-corrected chi connectivity index (χ1v) is 5.46. The number of nitrogens with one attached hydrogen (secondary N) is 1. The van der Waals surface area contributed by atoms with Gasteiger partial charge in [0.15, 0.2) is 11.6 Å². The zero-order chi connectivity index (χ0) is 11.4. The van der Waals surface area contributed by atoms with E-state index < -0.39 is 5.82 Å². The molecule has 1 saturated carbocycles. The van der Waals surface area contributed by atoms with E-state index in [0.29, 0.717) is 12.1 Å². The topological polar surface area (TPSA) is 38.3 Å². The number of benzene rings is 1. The third kappa shape index (κ3) is 2.32. The van der Waals surface area contributed by atoms with E-state index in [9.17, 15) is 9.18 Å². The lowest BCUT2D eigenvalue weighted by atomic mass is 10.2. The van der Waals surface area contributed by atoms with Crippen LogP contribution in [0.3, 0.4) is 0 Å². The number of carbonyl (C=O) groups excluding carboxylic acids is 1. The molecule has 1 aromatic carbocycles. The lowest BCUT2D eigenvalue weighted by Gasteiger charge is -2.16. The first-order chi connectivity index (χ1) is 7.81.